The lowest BCUT2D eigenvalue weighted by Crippen LogP contribution is -2.15. The number of alkyl halides is 4. The van der Waals surface area contributed by atoms with E-state index >= 15 is 0 Å². The van der Waals surface area contributed by atoms with Crippen LogP contribution in [-0.2, 0) is 0 Å². The number of benzene rings is 4. The summed E-state index contributed by atoms with van der Waals surface area (Å²) in [5.74, 6) is 4.80. The minimum atomic E-state index is -2.96. The standard InChI is InChI=1S/C20H14F2N2O3.C20H14F2N2O/c1-12-7-15(5-6-17(12)27-20(21)22)19(26)18(25)14-4-2-3-13(8-14)16-9-23-11-24-10-16;1-14-9-16(7-8-19(14)25-20(21)22)6-5-15-3-2-4-17(10-15)18-11-23-13-24-12-18/h2-11,20H,1H3;2-4,7-13,20H,1H3. The predicted octanol–water partition coefficient (Wildman–Crippen LogP) is 8.57. The van der Waals surface area contributed by atoms with Crippen LogP contribution in [-0.4, -0.2) is 44.7 Å². The Labute approximate surface area is 296 Å². The SMILES string of the molecule is Cc1cc(C#Cc2cccc(-c3cncnc3)c2)ccc1OC(F)F.Cc1cc(C(=O)C(=O)c2cccc(-c3cncnc3)c2)ccc1OC(F)F. The van der Waals surface area contributed by atoms with Crippen molar-refractivity contribution in [3.8, 4) is 45.6 Å². The van der Waals surface area contributed by atoms with Crippen LogP contribution in [0.1, 0.15) is 43.0 Å². The van der Waals surface area contributed by atoms with Crippen molar-refractivity contribution in [2.45, 2.75) is 27.1 Å². The number of carbonyl (C=O) groups excluding carboxylic acids is 2. The molecule has 0 aliphatic heterocycles. The molecule has 2 heterocycles. The Balaban J connectivity index is 0.000000202. The van der Waals surface area contributed by atoms with Gasteiger partial charge in [-0.25, -0.2) is 19.9 Å². The Morgan fingerprint density at radius 2 is 1.00 bits per heavy atom. The number of hydrogen-bond donors (Lipinski definition) is 0. The van der Waals surface area contributed by atoms with E-state index in [0.717, 1.165) is 22.3 Å². The highest BCUT2D eigenvalue weighted by Gasteiger charge is 2.20. The largest absolute Gasteiger partial charge is 0.435 e. The summed E-state index contributed by atoms with van der Waals surface area (Å²) in [4.78, 5) is 41.0. The molecule has 2 aromatic heterocycles. The molecule has 0 amide bonds. The lowest BCUT2D eigenvalue weighted by Gasteiger charge is -2.09. The first-order valence-electron chi connectivity index (χ1n) is 15.5. The van der Waals surface area contributed by atoms with Gasteiger partial charge in [0.05, 0.1) is 0 Å². The minimum Gasteiger partial charge on any atom is -0.435 e. The van der Waals surface area contributed by atoms with Crippen LogP contribution in [0.4, 0.5) is 17.6 Å². The third-order valence-electron chi connectivity index (χ3n) is 7.38. The molecule has 0 spiro atoms. The molecule has 0 aliphatic rings. The summed E-state index contributed by atoms with van der Waals surface area (Å²) >= 11 is 0. The quantitative estimate of drug-likeness (QED) is 0.0638. The number of nitrogens with zero attached hydrogens (tertiary/aromatic N) is 4. The normalized spacial score (nSPS) is 10.5. The number of hydrogen-bond acceptors (Lipinski definition) is 8. The first-order chi connectivity index (χ1) is 25.1. The number of aryl methyl sites for hydroxylation is 2. The number of carbonyl (C=O) groups is 2. The van der Waals surface area contributed by atoms with Gasteiger partial charge >= 0.3 is 13.2 Å². The predicted molar refractivity (Wildman–Crippen MR) is 185 cm³/mol. The van der Waals surface area contributed by atoms with E-state index in [-0.39, 0.29) is 22.6 Å². The second-order valence-corrected chi connectivity index (χ2v) is 11.0. The molecule has 0 N–H and O–H groups in total. The third-order valence-corrected chi connectivity index (χ3v) is 7.38. The van der Waals surface area contributed by atoms with E-state index in [1.165, 1.54) is 49.9 Å². The lowest BCUT2D eigenvalue weighted by molar-refractivity contribution is -0.0509. The Kier molecular flexibility index (Phi) is 12.1. The van der Waals surface area contributed by atoms with E-state index in [4.69, 9.17) is 0 Å². The van der Waals surface area contributed by atoms with Crippen LogP contribution in [0.3, 0.4) is 0 Å². The van der Waals surface area contributed by atoms with Crippen LogP contribution in [0.25, 0.3) is 22.3 Å². The van der Waals surface area contributed by atoms with Crippen molar-refractivity contribution < 1.29 is 36.6 Å². The lowest BCUT2D eigenvalue weighted by atomic mass is 9.97. The Hall–Kier alpha value is -6.74. The topological polar surface area (TPSA) is 104 Å². The van der Waals surface area contributed by atoms with Gasteiger partial charge in [0.25, 0.3) is 0 Å². The molecule has 12 heteroatoms. The van der Waals surface area contributed by atoms with E-state index in [9.17, 15) is 27.2 Å². The van der Waals surface area contributed by atoms with Crippen molar-refractivity contribution in [3.05, 3.63) is 156 Å². The number of rotatable bonds is 9. The van der Waals surface area contributed by atoms with Gasteiger partial charge < -0.3 is 9.47 Å². The first kappa shape index (κ1) is 36.5. The number of ketones is 2. The highest BCUT2D eigenvalue weighted by molar-refractivity contribution is 6.49. The molecule has 0 fully saturated rings. The van der Waals surface area contributed by atoms with Gasteiger partial charge in [-0.1, -0.05) is 42.2 Å². The zero-order valence-electron chi connectivity index (χ0n) is 27.6. The number of halogens is 4. The second-order valence-electron chi connectivity index (χ2n) is 11.0. The highest BCUT2D eigenvalue weighted by atomic mass is 19.3. The van der Waals surface area contributed by atoms with Gasteiger partial charge in [0.2, 0.25) is 11.6 Å². The van der Waals surface area contributed by atoms with E-state index in [1.807, 2.05) is 24.3 Å². The molecule has 0 atom stereocenters. The van der Waals surface area contributed by atoms with E-state index in [2.05, 4.69) is 41.3 Å². The Morgan fingerprint density at radius 1 is 0.538 bits per heavy atom. The molecule has 260 valence electrons. The van der Waals surface area contributed by atoms with E-state index < -0.39 is 24.8 Å². The molecule has 0 unspecified atom stereocenters. The minimum absolute atomic E-state index is 0.0416. The summed E-state index contributed by atoms with van der Waals surface area (Å²) in [5, 5.41) is 0. The van der Waals surface area contributed by atoms with Gasteiger partial charge in [-0.3, -0.25) is 9.59 Å². The number of ether oxygens (including phenoxy) is 2. The van der Waals surface area contributed by atoms with Crippen molar-refractivity contribution in [1.82, 2.24) is 19.9 Å². The molecule has 8 nitrogen and oxygen atoms in total. The maximum Gasteiger partial charge on any atom is 0.387 e. The molecule has 0 saturated carbocycles. The summed E-state index contributed by atoms with van der Waals surface area (Å²) in [6.45, 7) is -2.56. The molecular formula is C40H28F4N4O4. The summed E-state index contributed by atoms with van der Waals surface area (Å²) in [6, 6.07) is 23.1. The van der Waals surface area contributed by atoms with Crippen LogP contribution < -0.4 is 9.47 Å². The number of Topliss-reactive ketones (excluding diaryl/α,β-unsaturated/α-hetero) is 2. The third kappa shape index (κ3) is 9.92. The van der Waals surface area contributed by atoms with Gasteiger partial charge in [0.15, 0.2) is 0 Å². The highest BCUT2D eigenvalue weighted by Crippen LogP contribution is 2.24. The van der Waals surface area contributed by atoms with Crippen molar-refractivity contribution in [2.24, 2.45) is 0 Å². The fourth-order valence-electron chi connectivity index (χ4n) is 4.89. The molecule has 0 bridgehead atoms. The fraction of sp³-hybridized carbons (Fsp3) is 0.100. The van der Waals surface area contributed by atoms with Gasteiger partial charge in [-0.15, -0.1) is 0 Å². The maximum atomic E-state index is 12.6. The molecule has 0 aliphatic carbocycles. The average Bonchev–Trinajstić information content (AvgIpc) is 3.16. The molecule has 6 rings (SSSR count). The number of aromatic nitrogens is 4. The summed E-state index contributed by atoms with van der Waals surface area (Å²) in [6.07, 6.45) is 9.56. The van der Waals surface area contributed by atoms with Gasteiger partial charge in [0.1, 0.15) is 24.2 Å². The van der Waals surface area contributed by atoms with Gasteiger partial charge in [-0.05, 0) is 90.7 Å². The smallest absolute Gasteiger partial charge is 0.387 e. The molecule has 6 aromatic rings. The second kappa shape index (κ2) is 17.3. The zero-order valence-corrected chi connectivity index (χ0v) is 27.6. The summed E-state index contributed by atoms with van der Waals surface area (Å²) in [7, 11) is 0. The summed E-state index contributed by atoms with van der Waals surface area (Å²) in [5.41, 5.74) is 6.14. The Bertz CT molecular complexity index is 2240. The maximum absolute atomic E-state index is 12.6. The molecule has 0 saturated heterocycles. The van der Waals surface area contributed by atoms with E-state index in [1.54, 1.807) is 62.0 Å². The van der Waals surface area contributed by atoms with Crippen molar-refractivity contribution in [2.75, 3.05) is 0 Å². The Morgan fingerprint density at radius 3 is 1.52 bits per heavy atom. The van der Waals surface area contributed by atoms with Crippen LogP contribution >= 0.6 is 0 Å². The molecule has 0 radical (unpaired) electrons. The molecule has 52 heavy (non-hydrogen) atoms. The first-order valence-corrected chi connectivity index (χ1v) is 15.5. The van der Waals surface area contributed by atoms with Crippen LogP contribution in [0.2, 0.25) is 0 Å². The zero-order chi connectivity index (χ0) is 37.0. The van der Waals surface area contributed by atoms with Crippen LogP contribution in [0.5, 0.6) is 11.5 Å². The monoisotopic (exact) mass is 704 g/mol. The van der Waals surface area contributed by atoms with Crippen LogP contribution in [0.15, 0.2) is 122 Å². The molecule has 4 aromatic carbocycles. The van der Waals surface area contributed by atoms with Crippen molar-refractivity contribution in [3.63, 3.8) is 0 Å². The molecular weight excluding hydrogens is 676 g/mol. The van der Waals surface area contributed by atoms with Crippen molar-refractivity contribution >= 4 is 11.6 Å². The fourth-order valence-corrected chi connectivity index (χ4v) is 4.89. The van der Waals surface area contributed by atoms with Gasteiger partial charge in [0, 0.05) is 58.2 Å². The van der Waals surface area contributed by atoms with Crippen molar-refractivity contribution in [1.29, 1.82) is 0 Å². The van der Waals surface area contributed by atoms with Crippen LogP contribution in [0, 0.1) is 25.7 Å². The van der Waals surface area contributed by atoms with Gasteiger partial charge in [-0.2, -0.15) is 17.6 Å². The average molecular weight is 705 g/mol. The van der Waals surface area contributed by atoms with E-state index in [0.29, 0.717) is 22.3 Å². The summed E-state index contributed by atoms with van der Waals surface area (Å²) < 4.78 is 58.0.